The van der Waals surface area contributed by atoms with Crippen LogP contribution < -0.4 is 5.32 Å². The van der Waals surface area contributed by atoms with Crippen molar-refractivity contribution in [3.63, 3.8) is 0 Å². The van der Waals surface area contributed by atoms with Gasteiger partial charge in [0.1, 0.15) is 0 Å². The van der Waals surface area contributed by atoms with E-state index in [1.54, 1.807) is 0 Å². The number of rotatable bonds is 8. The summed E-state index contributed by atoms with van der Waals surface area (Å²) in [5.41, 5.74) is 2.86. The molecule has 0 heterocycles. The van der Waals surface area contributed by atoms with E-state index >= 15 is 0 Å². The van der Waals surface area contributed by atoms with E-state index in [1.165, 1.54) is 24.0 Å². The van der Waals surface area contributed by atoms with E-state index in [1.807, 2.05) is 0 Å². The Hall–Kier alpha value is -0.860. The van der Waals surface area contributed by atoms with Crippen LogP contribution in [0, 0.1) is 5.92 Å². The number of hydrogen-bond acceptors (Lipinski definition) is 2. The van der Waals surface area contributed by atoms with Crippen LogP contribution in [0.3, 0.4) is 0 Å². The Morgan fingerprint density at radius 3 is 2.25 bits per heavy atom. The summed E-state index contributed by atoms with van der Waals surface area (Å²) in [6.07, 6.45) is 3.90. The zero-order chi connectivity index (χ0) is 14.5. The Morgan fingerprint density at radius 2 is 1.70 bits per heavy atom. The molecule has 0 aliphatic heterocycles. The van der Waals surface area contributed by atoms with Gasteiger partial charge in [-0.1, -0.05) is 38.1 Å². The van der Waals surface area contributed by atoms with Gasteiger partial charge in [0, 0.05) is 18.6 Å². The maximum Gasteiger partial charge on any atom is 0.0233 e. The molecule has 1 saturated carbocycles. The highest BCUT2D eigenvalue weighted by molar-refractivity contribution is 5.22. The SMILES string of the molecule is CC(C)C(C)N(C)Cc1ccc(CCNC2CC2)cc1. The van der Waals surface area contributed by atoms with Crippen molar-refractivity contribution in [3.05, 3.63) is 35.4 Å². The molecule has 1 N–H and O–H groups in total. The number of hydrogen-bond donors (Lipinski definition) is 1. The van der Waals surface area contributed by atoms with Gasteiger partial charge in [-0.2, -0.15) is 0 Å². The fraction of sp³-hybridized carbons (Fsp3) is 0.667. The van der Waals surface area contributed by atoms with Gasteiger partial charge in [-0.15, -0.1) is 0 Å². The van der Waals surface area contributed by atoms with E-state index in [0.29, 0.717) is 12.0 Å². The van der Waals surface area contributed by atoms with Crippen molar-refractivity contribution in [3.8, 4) is 0 Å². The molecule has 0 bridgehead atoms. The third-order valence-corrected chi connectivity index (χ3v) is 4.54. The van der Waals surface area contributed by atoms with Gasteiger partial charge in [0.25, 0.3) is 0 Å². The maximum atomic E-state index is 3.57. The number of nitrogens with one attached hydrogen (secondary N) is 1. The van der Waals surface area contributed by atoms with E-state index in [0.717, 1.165) is 25.6 Å². The summed E-state index contributed by atoms with van der Waals surface area (Å²) in [6.45, 7) is 9.05. The van der Waals surface area contributed by atoms with E-state index in [4.69, 9.17) is 0 Å². The number of benzene rings is 1. The Morgan fingerprint density at radius 1 is 1.10 bits per heavy atom. The average molecular weight is 274 g/mol. The summed E-state index contributed by atoms with van der Waals surface area (Å²) in [6, 6.07) is 10.6. The van der Waals surface area contributed by atoms with E-state index < -0.39 is 0 Å². The van der Waals surface area contributed by atoms with Crippen LogP contribution in [0.1, 0.15) is 44.7 Å². The molecule has 1 aromatic rings. The normalized spacial score (nSPS) is 16.9. The maximum absolute atomic E-state index is 3.57. The molecule has 112 valence electrons. The van der Waals surface area contributed by atoms with Gasteiger partial charge in [-0.25, -0.2) is 0 Å². The van der Waals surface area contributed by atoms with E-state index in [-0.39, 0.29) is 0 Å². The Bertz CT molecular complexity index is 392. The first kappa shape index (κ1) is 15.5. The second-order valence-electron chi connectivity index (χ2n) is 6.69. The molecule has 20 heavy (non-hydrogen) atoms. The molecule has 2 rings (SSSR count). The second kappa shape index (κ2) is 7.24. The van der Waals surface area contributed by atoms with Crippen molar-refractivity contribution in [1.29, 1.82) is 0 Å². The summed E-state index contributed by atoms with van der Waals surface area (Å²) in [4.78, 5) is 2.44. The lowest BCUT2D eigenvalue weighted by molar-refractivity contribution is 0.200. The zero-order valence-electron chi connectivity index (χ0n) is 13.5. The fourth-order valence-electron chi connectivity index (χ4n) is 2.46. The van der Waals surface area contributed by atoms with Gasteiger partial charge >= 0.3 is 0 Å². The lowest BCUT2D eigenvalue weighted by atomic mass is 10.0. The van der Waals surface area contributed by atoms with Crippen molar-refractivity contribution in [2.24, 2.45) is 5.92 Å². The zero-order valence-corrected chi connectivity index (χ0v) is 13.5. The first-order valence-electron chi connectivity index (χ1n) is 8.07. The van der Waals surface area contributed by atoms with Crippen molar-refractivity contribution < 1.29 is 0 Å². The monoisotopic (exact) mass is 274 g/mol. The molecule has 0 saturated heterocycles. The molecule has 0 radical (unpaired) electrons. The fourth-order valence-corrected chi connectivity index (χ4v) is 2.46. The van der Waals surface area contributed by atoms with Crippen LogP contribution in [0.15, 0.2) is 24.3 Å². The highest BCUT2D eigenvalue weighted by atomic mass is 15.1. The van der Waals surface area contributed by atoms with E-state index in [9.17, 15) is 0 Å². The molecule has 1 aromatic carbocycles. The first-order chi connectivity index (χ1) is 9.56. The van der Waals surface area contributed by atoms with Crippen LogP contribution in [0.4, 0.5) is 0 Å². The molecule has 0 spiro atoms. The third-order valence-electron chi connectivity index (χ3n) is 4.54. The largest absolute Gasteiger partial charge is 0.314 e. The van der Waals surface area contributed by atoms with Gasteiger partial charge in [0.2, 0.25) is 0 Å². The predicted octanol–water partition coefficient (Wildman–Crippen LogP) is 3.46. The first-order valence-corrected chi connectivity index (χ1v) is 8.07. The number of nitrogens with zero attached hydrogens (tertiary/aromatic N) is 1. The second-order valence-corrected chi connectivity index (χ2v) is 6.69. The lowest BCUT2D eigenvalue weighted by Gasteiger charge is -2.27. The molecule has 0 aromatic heterocycles. The van der Waals surface area contributed by atoms with E-state index in [2.05, 4.69) is 62.3 Å². The van der Waals surface area contributed by atoms with Crippen LogP contribution in [0.5, 0.6) is 0 Å². The van der Waals surface area contributed by atoms with Crippen molar-refractivity contribution >= 4 is 0 Å². The Balaban J connectivity index is 1.77. The van der Waals surface area contributed by atoms with Crippen molar-refractivity contribution in [1.82, 2.24) is 10.2 Å². The summed E-state index contributed by atoms with van der Waals surface area (Å²) in [7, 11) is 2.22. The van der Waals surface area contributed by atoms with Crippen molar-refractivity contribution in [2.75, 3.05) is 13.6 Å². The Labute approximate surface area is 124 Å². The van der Waals surface area contributed by atoms with Gasteiger partial charge in [-0.3, -0.25) is 4.90 Å². The van der Waals surface area contributed by atoms with Gasteiger partial charge < -0.3 is 5.32 Å². The van der Waals surface area contributed by atoms with Gasteiger partial charge in [0.05, 0.1) is 0 Å². The minimum Gasteiger partial charge on any atom is -0.314 e. The highest BCUT2D eigenvalue weighted by Crippen LogP contribution is 2.18. The average Bonchev–Trinajstić information content (AvgIpc) is 3.24. The lowest BCUT2D eigenvalue weighted by Crippen LogP contribution is -2.32. The summed E-state index contributed by atoms with van der Waals surface area (Å²) in [5.74, 6) is 0.702. The topological polar surface area (TPSA) is 15.3 Å². The Kier molecular flexibility index (Phi) is 5.62. The summed E-state index contributed by atoms with van der Waals surface area (Å²) >= 11 is 0. The highest BCUT2D eigenvalue weighted by Gasteiger charge is 2.19. The molecule has 2 heteroatoms. The van der Waals surface area contributed by atoms with Gasteiger partial charge in [0.15, 0.2) is 0 Å². The smallest absolute Gasteiger partial charge is 0.0233 e. The summed E-state index contributed by atoms with van der Waals surface area (Å²) in [5, 5.41) is 3.57. The molecule has 1 aliphatic rings. The van der Waals surface area contributed by atoms with Crippen LogP contribution in [-0.2, 0) is 13.0 Å². The quantitative estimate of drug-likeness (QED) is 0.781. The molecule has 1 aliphatic carbocycles. The minimum absolute atomic E-state index is 0.623. The van der Waals surface area contributed by atoms with Crippen LogP contribution >= 0.6 is 0 Å². The minimum atomic E-state index is 0.623. The standard InChI is InChI=1S/C18H30N2/c1-14(2)15(3)20(4)13-17-7-5-16(6-8-17)11-12-19-18-9-10-18/h5-8,14-15,18-19H,9-13H2,1-4H3. The van der Waals surface area contributed by atoms with Crippen LogP contribution in [0.25, 0.3) is 0 Å². The molecule has 0 amide bonds. The molecule has 1 atom stereocenters. The summed E-state index contributed by atoms with van der Waals surface area (Å²) < 4.78 is 0. The predicted molar refractivity (Wildman–Crippen MR) is 86.9 cm³/mol. The van der Waals surface area contributed by atoms with Gasteiger partial charge in [-0.05, 0) is 56.8 Å². The van der Waals surface area contributed by atoms with Crippen molar-refractivity contribution in [2.45, 2.75) is 58.7 Å². The molecule has 1 fully saturated rings. The molecule has 2 nitrogen and oxygen atoms in total. The molecule has 1 unspecified atom stereocenters. The van der Waals surface area contributed by atoms with Crippen LogP contribution in [-0.4, -0.2) is 30.6 Å². The molecular weight excluding hydrogens is 244 g/mol. The molecular formula is C18H30N2. The van der Waals surface area contributed by atoms with Crippen LogP contribution in [0.2, 0.25) is 0 Å². The third kappa shape index (κ3) is 4.92.